The van der Waals surface area contributed by atoms with Gasteiger partial charge in [0.15, 0.2) is 5.82 Å². The Morgan fingerprint density at radius 3 is 2.33 bits per heavy atom. The molecule has 2 aromatic heterocycles. The third-order valence-corrected chi connectivity index (χ3v) is 3.61. The van der Waals surface area contributed by atoms with E-state index in [-0.39, 0.29) is 12.2 Å². The van der Waals surface area contributed by atoms with Gasteiger partial charge in [-0.25, -0.2) is 18.7 Å². The lowest BCUT2D eigenvalue weighted by Gasteiger charge is -2.12. The summed E-state index contributed by atoms with van der Waals surface area (Å²) >= 11 is 0. The summed E-state index contributed by atoms with van der Waals surface area (Å²) in [6.07, 6.45) is 4.74. The molecule has 5 nitrogen and oxygen atoms in total. The van der Waals surface area contributed by atoms with Gasteiger partial charge in [0.05, 0.1) is 6.61 Å². The number of fused-ring (bicyclic) bond motifs is 1. The van der Waals surface area contributed by atoms with Crippen molar-refractivity contribution in [2.45, 2.75) is 12.8 Å². The van der Waals surface area contributed by atoms with Crippen molar-refractivity contribution in [2.75, 3.05) is 18.5 Å². The second kappa shape index (κ2) is 6.45. The van der Waals surface area contributed by atoms with Crippen LogP contribution in [-0.4, -0.2) is 33.2 Å². The summed E-state index contributed by atoms with van der Waals surface area (Å²) in [5.41, 5.74) is 2.57. The van der Waals surface area contributed by atoms with Crippen molar-refractivity contribution in [3.05, 3.63) is 48.4 Å². The van der Waals surface area contributed by atoms with Crippen LogP contribution in [0.25, 0.3) is 22.2 Å². The predicted octanol–water partition coefficient (Wildman–Crippen LogP) is 3.21. The molecule has 0 amide bonds. The molecule has 1 aromatic carbocycles. The first-order chi connectivity index (χ1) is 11.5. The molecule has 0 aliphatic rings. The fraction of sp³-hybridized carbons (Fsp3) is 0.235. The van der Waals surface area contributed by atoms with Gasteiger partial charge in [-0.1, -0.05) is 24.3 Å². The van der Waals surface area contributed by atoms with Crippen molar-refractivity contribution in [2.24, 2.45) is 0 Å². The van der Waals surface area contributed by atoms with Crippen LogP contribution < -0.4 is 5.32 Å². The van der Waals surface area contributed by atoms with Crippen molar-refractivity contribution in [3.8, 4) is 11.1 Å². The average molecular weight is 330 g/mol. The van der Waals surface area contributed by atoms with Crippen molar-refractivity contribution in [1.29, 1.82) is 0 Å². The van der Waals surface area contributed by atoms with Crippen LogP contribution in [0.1, 0.15) is 12.5 Å². The Hall–Kier alpha value is -2.67. The first-order valence-corrected chi connectivity index (χ1v) is 7.44. The third-order valence-electron chi connectivity index (χ3n) is 3.61. The molecule has 0 spiro atoms. The highest BCUT2D eigenvalue weighted by atomic mass is 19.3. The van der Waals surface area contributed by atoms with Gasteiger partial charge in [0.1, 0.15) is 11.0 Å². The van der Waals surface area contributed by atoms with E-state index in [2.05, 4.69) is 20.3 Å². The lowest BCUT2D eigenvalue weighted by Crippen LogP contribution is -2.08. The van der Waals surface area contributed by atoms with Crippen molar-refractivity contribution in [3.63, 3.8) is 0 Å². The second-order valence-electron chi connectivity index (χ2n) is 5.39. The van der Waals surface area contributed by atoms with E-state index in [0.717, 1.165) is 12.5 Å². The van der Waals surface area contributed by atoms with E-state index in [1.165, 1.54) is 12.1 Å². The van der Waals surface area contributed by atoms with E-state index in [9.17, 15) is 8.78 Å². The normalized spacial score (nSPS) is 11.7. The summed E-state index contributed by atoms with van der Waals surface area (Å²) in [5.74, 6) is -2.36. The van der Waals surface area contributed by atoms with E-state index < -0.39 is 5.92 Å². The predicted molar refractivity (Wildman–Crippen MR) is 87.9 cm³/mol. The minimum atomic E-state index is -2.88. The van der Waals surface area contributed by atoms with Gasteiger partial charge in [0, 0.05) is 43.2 Å². The summed E-state index contributed by atoms with van der Waals surface area (Å²) in [6, 6.07) is 6.04. The Morgan fingerprint density at radius 1 is 1.04 bits per heavy atom. The van der Waals surface area contributed by atoms with E-state index >= 15 is 0 Å². The van der Waals surface area contributed by atoms with Crippen LogP contribution in [0.4, 0.5) is 14.6 Å². The molecule has 0 aliphatic heterocycles. The van der Waals surface area contributed by atoms with Gasteiger partial charge in [0.2, 0.25) is 0 Å². The maximum Gasteiger partial charge on any atom is 0.270 e. The number of aliphatic hydroxyl groups is 1. The SMILES string of the molecule is CC(F)(F)c1ccc(-c2cnc(NCCO)c3nccnc23)cc1. The summed E-state index contributed by atoms with van der Waals surface area (Å²) < 4.78 is 26.7. The maximum atomic E-state index is 13.3. The Morgan fingerprint density at radius 2 is 1.71 bits per heavy atom. The van der Waals surface area contributed by atoms with E-state index in [0.29, 0.717) is 29.0 Å². The topological polar surface area (TPSA) is 70.9 Å². The number of rotatable bonds is 5. The van der Waals surface area contributed by atoms with Gasteiger partial charge < -0.3 is 10.4 Å². The highest BCUT2D eigenvalue weighted by molar-refractivity contribution is 5.96. The fourth-order valence-electron chi connectivity index (χ4n) is 2.42. The fourth-order valence-corrected chi connectivity index (χ4v) is 2.42. The first-order valence-electron chi connectivity index (χ1n) is 7.44. The highest BCUT2D eigenvalue weighted by Gasteiger charge is 2.24. The maximum absolute atomic E-state index is 13.3. The van der Waals surface area contributed by atoms with Gasteiger partial charge >= 0.3 is 0 Å². The number of pyridine rings is 1. The van der Waals surface area contributed by atoms with E-state index in [1.54, 1.807) is 30.7 Å². The van der Waals surface area contributed by atoms with Crippen LogP contribution >= 0.6 is 0 Å². The average Bonchev–Trinajstić information content (AvgIpc) is 2.59. The largest absolute Gasteiger partial charge is 0.395 e. The van der Waals surface area contributed by atoms with Crippen LogP contribution in [0.3, 0.4) is 0 Å². The number of halogens is 2. The smallest absolute Gasteiger partial charge is 0.270 e. The van der Waals surface area contributed by atoms with Gasteiger partial charge in [0.25, 0.3) is 5.92 Å². The standard InChI is InChI=1S/C17H16F2N4O/c1-17(18,19)12-4-2-11(3-5-12)13-10-23-16(22-8-9-24)15-14(13)20-6-7-21-15/h2-7,10,24H,8-9H2,1H3,(H,22,23). The zero-order valence-corrected chi connectivity index (χ0v) is 13.0. The molecule has 0 aliphatic carbocycles. The zero-order valence-electron chi connectivity index (χ0n) is 13.0. The van der Waals surface area contributed by atoms with Crippen molar-refractivity contribution >= 4 is 16.9 Å². The molecule has 0 saturated carbocycles. The molecule has 3 rings (SSSR count). The molecule has 2 N–H and O–H groups in total. The van der Waals surface area contributed by atoms with Gasteiger partial charge in [-0.05, 0) is 5.56 Å². The van der Waals surface area contributed by atoms with Gasteiger partial charge in [-0.15, -0.1) is 0 Å². The number of benzene rings is 1. The molecule has 124 valence electrons. The van der Waals surface area contributed by atoms with Gasteiger partial charge in [-0.3, -0.25) is 4.98 Å². The summed E-state index contributed by atoms with van der Waals surface area (Å²) in [4.78, 5) is 13.0. The summed E-state index contributed by atoms with van der Waals surface area (Å²) in [5, 5.41) is 11.9. The zero-order chi connectivity index (χ0) is 17.2. The summed E-state index contributed by atoms with van der Waals surface area (Å²) in [6.45, 7) is 1.18. The molecule has 3 aromatic rings. The first kappa shape index (κ1) is 16.2. The van der Waals surface area contributed by atoms with Crippen LogP contribution in [0, 0.1) is 0 Å². The minimum Gasteiger partial charge on any atom is -0.395 e. The monoisotopic (exact) mass is 330 g/mol. The molecule has 24 heavy (non-hydrogen) atoms. The molecule has 0 radical (unpaired) electrons. The highest BCUT2D eigenvalue weighted by Crippen LogP contribution is 2.32. The number of nitrogens with one attached hydrogen (secondary N) is 1. The Kier molecular flexibility index (Phi) is 4.35. The van der Waals surface area contributed by atoms with Gasteiger partial charge in [-0.2, -0.15) is 0 Å². The number of alkyl halides is 2. The van der Waals surface area contributed by atoms with E-state index in [1.807, 2.05) is 0 Å². The molecule has 7 heteroatoms. The number of aromatic nitrogens is 3. The van der Waals surface area contributed by atoms with Crippen LogP contribution in [0.2, 0.25) is 0 Å². The number of hydrogen-bond acceptors (Lipinski definition) is 5. The quantitative estimate of drug-likeness (QED) is 0.752. The second-order valence-corrected chi connectivity index (χ2v) is 5.39. The number of nitrogens with zero attached hydrogens (tertiary/aromatic N) is 3. The van der Waals surface area contributed by atoms with Crippen molar-refractivity contribution < 1.29 is 13.9 Å². The molecular weight excluding hydrogens is 314 g/mol. The number of aliphatic hydroxyl groups excluding tert-OH is 1. The Balaban J connectivity index is 2.07. The third kappa shape index (κ3) is 3.16. The Bertz CT molecular complexity index is 847. The molecular formula is C17H16F2N4O. The lowest BCUT2D eigenvalue weighted by atomic mass is 10.0. The molecule has 2 heterocycles. The Labute approximate surface area is 137 Å². The van der Waals surface area contributed by atoms with E-state index in [4.69, 9.17) is 5.11 Å². The molecule has 0 bridgehead atoms. The van der Waals surface area contributed by atoms with Crippen LogP contribution in [-0.2, 0) is 5.92 Å². The number of hydrogen-bond donors (Lipinski definition) is 2. The minimum absolute atomic E-state index is 0.0299. The van der Waals surface area contributed by atoms with Crippen molar-refractivity contribution in [1.82, 2.24) is 15.0 Å². The molecule has 0 unspecified atom stereocenters. The molecule has 0 saturated heterocycles. The lowest BCUT2D eigenvalue weighted by molar-refractivity contribution is 0.0175. The molecule has 0 fully saturated rings. The van der Waals surface area contributed by atoms with Crippen LogP contribution in [0.15, 0.2) is 42.9 Å². The number of anilines is 1. The van der Waals surface area contributed by atoms with Crippen LogP contribution in [0.5, 0.6) is 0 Å². The molecule has 0 atom stereocenters. The summed E-state index contributed by atoms with van der Waals surface area (Å²) in [7, 11) is 0.